The number of hydrogen-bond donors (Lipinski definition) is 1. The number of carbonyl (C=O) groups excluding carboxylic acids is 1. The molecule has 3 aromatic rings. The standard InChI is InChI=1S/C26H31FN4O2/c1-3-19(4-2)25(32)29-21-10-11-23(22(27)18-21)30-13-15-31(16-14-30)24(26-28-12-17-33-26)20-8-6-5-7-9-20/h5-12,17-19,24H,3-4,13-16H2,1-2H3,(H,29,32)/t24-/m1/s1. The van der Waals surface area contributed by atoms with E-state index in [9.17, 15) is 9.18 Å². The van der Waals surface area contributed by atoms with E-state index in [1.807, 2.05) is 32.0 Å². The van der Waals surface area contributed by atoms with Gasteiger partial charge in [-0.1, -0.05) is 44.2 Å². The van der Waals surface area contributed by atoms with Crippen LogP contribution in [0.15, 0.2) is 65.4 Å². The van der Waals surface area contributed by atoms with E-state index in [4.69, 9.17) is 4.42 Å². The van der Waals surface area contributed by atoms with Crippen molar-refractivity contribution in [3.63, 3.8) is 0 Å². The van der Waals surface area contributed by atoms with Crippen molar-refractivity contribution >= 4 is 17.3 Å². The van der Waals surface area contributed by atoms with Gasteiger partial charge in [0.1, 0.15) is 18.1 Å². The SMILES string of the molecule is CCC(CC)C(=O)Nc1ccc(N2CCN([C@H](c3ccccc3)c3ncco3)CC2)c(F)c1. The zero-order valence-electron chi connectivity index (χ0n) is 19.2. The fraction of sp³-hybridized carbons (Fsp3) is 0.385. The first kappa shape index (κ1) is 23.0. The summed E-state index contributed by atoms with van der Waals surface area (Å²) in [6.07, 6.45) is 4.80. The molecular formula is C26H31FN4O2. The van der Waals surface area contributed by atoms with Crippen molar-refractivity contribution in [3.8, 4) is 0 Å². The van der Waals surface area contributed by atoms with Crippen LogP contribution >= 0.6 is 0 Å². The van der Waals surface area contributed by atoms with Crippen LogP contribution < -0.4 is 10.2 Å². The molecule has 1 fully saturated rings. The predicted molar refractivity (Wildman–Crippen MR) is 128 cm³/mol. The van der Waals surface area contributed by atoms with Gasteiger partial charge >= 0.3 is 0 Å². The van der Waals surface area contributed by atoms with E-state index < -0.39 is 0 Å². The molecule has 0 spiro atoms. The summed E-state index contributed by atoms with van der Waals surface area (Å²) < 4.78 is 20.6. The third kappa shape index (κ3) is 5.25. The summed E-state index contributed by atoms with van der Waals surface area (Å²) in [5.41, 5.74) is 2.18. The van der Waals surface area contributed by atoms with Crippen LogP contribution in [0.2, 0.25) is 0 Å². The second kappa shape index (κ2) is 10.6. The number of anilines is 2. The second-order valence-electron chi connectivity index (χ2n) is 8.38. The Morgan fingerprint density at radius 1 is 1.09 bits per heavy atom. The van der Waals surface area contributed by atoms with E-state index in [0.29, 0.717) is 30.4 Å². The zero-order valence-corrected chi connectivity index (χ0v) is 19.2. The summed E-state index contributed by atoms with van der Waals surface area (Å²) in [4.78, 5) is 21.1. The number of piperazine rings is 1. The van der Waals surface area contributed by atoms with Crippen LogP contribution in [0.1, 0.15) is 44.2 Å². The minimum absolute atomic E-state index is 0.0537. The number of carbonyl (C=O) groups is 1. The number of nitrogens with one attached hydrogen (secondary N) is 1. The number of aromatic nitrogens is 1. The third-order valence-corrected chi connectivity index (χ3v) is 6.39. The highest BCUT2D eigenvalue weighted by Gasteiger charge is 2.30. The summed E-state index contributed by atoms with van der Waals surface area (Å²) in [6, 6.07) is 15.1. The van der Waals surface area contributed by atoms with E-state index in [0.717, 1.165) is 31.5 Å². The molecule has 33 heavy (non-hydrogen) atoms. The molecule has 0 radical (unpaired) electrons. The summed E-state index contributed by atoms with van der Waals surface area (Å²) >= 11 is 0. The Morgan fingerprint density at radius 3 is 2.42 bits per heavy atom. The van der Waals surface area contributed by atoms with Gasteiger partial charge in [-0.2, -0.15) is 0 Å². The van der Waals surface area contributed by atoms with Gasteiger partial charge in [-0.25, -0.2) is 9.37 Å². The molecule has 1 aliphatic rings. The third-order valence-electron chi connectivity index (χ3n) is 6.39. The molecule has 1 saturated heterocycles. The molecule has 7 heteroatoms. The van der Waals surface area contributed by atoms with Crippen LogP contribution in [0, 0.1) is 11.7 Å². The van der Waals surface area contributed by atoms with E-state index >= 15 is 0 Å². The maximum Gasteiger partial charge on any atom is 0.227 e. The number of hydrogen-bond acceptors (Lipinski definition) is 5. The molecule has 174 valence electrons. The smallest absolute Gasteiger partial charge is 0.227 e. The Labute approximate surface area is 194 Å². The molecule has 0 saturated carbocycles. The fourth-order valence-corrected chi connectivity index (χ4v) is 4.48. The molecule has 2 heterocycles. The molecule has 0 bridgehead atoms. The maximum atomic E-state index is 15.0. The Bertz CT molecular complexity index is 1030. The number of rotatable bonds is 8. The van der Waals surface area contributed by atoms with E-state index in [1.165, 1.54) is 6.07 Å². The number of halogens is 1. The molecule has 6 nitrogen and oxygen atoms in total. The van der Waals surface area contributed by atoms with Gasteiger partial charge in [0.15, 0.2) is 0 Å². The topological polar surface area (TPSA) is 61.6 Å². The van der Waals surface area contributed by atoms with Crippen LogP contribution in [0.3, 0.4) is 0 Å². The van der Waals surface area contributed by atoms with Gasteiger partial charge in [0, 0.05) is 37.8 Å². The molecule has 1 aromatic heterocycles. The highest BCUT2D eigenvalue weighted by Crippen LogP contribution is 2.30. The summed E-state index contributed by atoms with van der Waals surface area (Å²) in [7, 11) is 0. The maximum absolute atomic E-state index is 15.0. The van der Waals surface area contributed by atoms with Crippen molar-refractivity contribution in [3.05, 3.63) is 78.3 Å². The van der Waals surface area contributed by atoms with Crippen molar-refractivity contribution in [1.82, 2.24) is 9.88 Å². The normalized spacial score (nSPS) is 15.6. The van der Waals surface area contributed by atoms with Crippen molar-refractivity contribution in [2.45, 2.75) is 32.7 Å². The molecule has 4 rings (SSSR count). The van der Waals surface area contributed by atoms with Gasteiger partial charge in [0.25, 0.3) is 0 Å². The molecule has 2 aromatic carbocycles. The number of nitrogens with zero attached hydrogens (tertiary/aromatic N) is 3. The largest absolute Gasteiger partial charge is 0.447 e. The average molecular weight is 451 g/mol. The molecule has 1 aliphatic heterocycles. The highest BCUT2D eigenvalue weighted by molar-refractivity contribution is 5.92. The van der Waals surface area contributed by atoms with Gasteiger partial charge in [-0.15, -0.1) is 0 Å². The van der Waals surface area contributed by atoms with E-state index in [2.05, 4.69) is 32.2 Å². The van der Waals surface area contributed by atoms with Crippen LogP contribution in [-0.2, 0) is 4.79 Å². The fourth-order valence-electron chi connectivity index (χ4n) is 4.48. The lowest BCUT2D eigenvalue weighted by atomic mass is 10.0. The number of amides is 1. The summed E-state index contributed by atoms with van der Waals surface area (Å²) in [5.74, 6) is 0.234. The van der Waals surface area contributed by atoms with Crippen molar-refractivity contribution in [1.29, 1.82) is 0 Å². The highest BCUT2D eigenvalue weighted by atomic mass is 19.1. The lowest BCUT2D eigenvalue weighted by molar-refractivity contribution is -0.120. The van der Waals surface area contributed by atoms with E-state index in [-0.39, 0.29) is 23.7 Å². The number of benzene rings is 2. The molecule has 1 atom stereocenters. The van der Waals surface area contributed by atoms with Gasteiger partial charge in [0.2, 0.25) is 11.8 Å². The first-order valence-corrected chi connectivity index (χ1v) is 11.6. The summed E-state index contributed by atoms with van der Waals surface area (Å²) in [6.45, 7) is 6.83. The predicted octanol–water partition coefficient (Wildman–Crippen LogP) is 5.10. The van der Waals surface area contributed by atoms with Crippen molar-refractivity contribution in [2.24, 2.45) is 5.92 Å². The van der Waals surface area contributed by atoms with Gasteiger partial charge in [0.05, 0.1) is 11.9 Å². The summed E-state index contributed by atoms with van der Waals surface area (Å²) in [5, 5.41) is 2.85. The molecule has 1 amide bonds. The lowest BCUT2D eigenvalue weighted by Gasteiger charge is -2.39. The average Bonchev–Trinajstić information content (AvgIpc) is 3.36. The monoisotopic (exact) mass is 450 g/mol. The quantitative estimate of drug-likeness (QED) is 0.517. The molecule has 0 unspecified atom stereocenters. The van der Waals surface area contributed by atoms with E-state index in [1.54, 1.807) is 24.6 Å². The van der Waals surface area contributed by atoms with Crippen molar-refractivity contribution < 1.29 is 13.6 Å². The van der Waals surface area contributed by atoms with Crippen molar-refractivity contribution in [2.75, 3.05) is 36.4 Å². The molecule has 0 aliphatic carbocycles. The van der Waals surface area contributed by atoms with Crippen LogP contribution in [0.5, 0.6) is 0 Å². The molecule has 1 N–H and O–H groups in total. The lowest BCUT2D eigenvalue weighted by Crippen LogP contribution is -2.48. The van der Waals surface area contributed by atoms with Gasteiger partial charge < -0.3 is 14.6 Å². The first-order valence-electron chi connectivity index (χ1n) is 11.6. The molecular weight excluding hydrogens is 419 g/mol. The first-order chi connectivity index (χ1) is 16.1. The number of oxazole rings is 1. The minimum atomic E-state index is -0.321. The Kier molecular flexibility index (Phi) is 7.40. The Morgan fingerprint density at radius 2 is 1.82 bits per heavy atom. The Balaban J connectivity index is 1.43. The van der Waals surface area contributed by atoms with Gasteiger partial charge in [-0.05, 0) is 36.6 Å². The second-order valence-corrected chi connectivity index (χ2v) is 8.38. The van der Waals surface area contributed by atoms with Crippen LogP contribution in [0.4, 0.5) is 15.8 Å². The van der Waals surface area contributed by atoms with Gasteiger partial charge in [-0.3, -0.25) is 9.69 Å². The zero-order chi connectivity index (χ0) is 23.2. The minimum Gasteiger partial charge on any atom is -0.447 e. The Hall–Kier alpha value is -3.19. The van der Waals surface area contributed by atoms with Crippen LogP contribution in [0.25, 0.3) is 0 Å². The van der Waals surface area contributed by atoms with Crippen LogP contribution in [-0.4, -0.2) is 42.0 Å².